The average molecular weight is 498 g/mol. The lowest BCUT2D eigenvalue weighted by Crippen LogP contribution is -2.40. The van der Waals surface area contributed by atoms with Gasteiger partial charge in [-0.3, -0.25) is 4.79 Å². The maximum atomic E-state index is 13.6. The van der Waals surface area contributed by atoms with Gasteiger partial charge < -0.3 is 9.32 Å². The van der Waals surface area contributed by atoms with Crippen LogP contribution in [0.1, 0.15) is 46.9 Å². The molecule has 3 heterocycles. The van der Waals surface area contributed by atoms with E-state index in [1.54, 1.807) is 23.1 Å². The topological polar surface area (TPSA) is 67.6 Å². The summed E-state index contributed by atoms with van der Waals surface area (Å²) < 4.78 is 31.1. The first-order valence-corrected chi connectivity index (χ1v) is 13.6. The molecular weight excluding hydrogens is 477 g/mol. The van der Waals surface area contributed by atoms with Gasteiger partial charge in [0.1, 0.15) is 16.4 Å². The van der Waals surface area contributed by atoms with Crippen LogP contribution in [0.5, 0.6) is 0 Å². The van der Waals surface area contributed by atoms with Gasteiger partial charge in [0, 0.05) is 27.1 Å². The zero-order valence-corrected chi connectivity index (χ0v) is 20.0. The van der Waals surface area contributed by atoms with Gasteiger partial charge in [-0.05, 0) is 43.0 Å². The van der Waals surface area contributed by atoms with Gasteiger partial charge in [0.15, 0.2) is 9.84 Å². The molecule has 2 aliphatic rings. The lowest BCUT2D eigenvalue weighted by Gasteiger charge is -2.27. The number of amides is 1. The van der Waals surface area contributed by atoms with Gasteiger partial charge in [-0.1, -0.05) is 36.2 Å². The summed E-state index contributed by atoms with van der Waals surface area (Å²) in [6, 6.07) is 8.76. The molecule has 1 saturated heterocycles. The molecule has 5 rings (SSSR count). The Bertz CT molecular complexity index is 1280. The molecule has 0 N–H and O–H groups in total. The Kier molecular flexibility index (Phi) is 5.36. The number of thiophene rings is 1. The number of benzene rings is 1. The minimum atomic E-state index is -3.17. The molecule has 0 bridgehead atoms. The van der Waals surface area contributed by atoms with Crippen LogP contribution < -0.4 is 0 Å². The molecule has 1 amide bonds. The molecule has 3 atom stereocenters. The molecule has 0 spiro atoms. The van der Waals surface area contributed by atoms with Gasteiger partial charge in [0.2, 0.25) is 0 Å². The third kappa shape index (κ3) is 4.13. The Morgan fingerprint density at radius 2 is 2.03 bits per heavy atom. The molecule has 164 valence electrons. The Morgan fingerprint density at radius 3 is 2.71 bits per heavy atom. The van der Waals surface area contributed by atoms with Gasteiger partial charge in [0.05, 0.1) is 23.1 Å². The Hall–Kier alpha value is -1.54. The number of fused-ring (bicyclic) bond motifs is 1. The van der Waals surface area contributed by atoms with Crippen molar-refractivity contribution in [3.05, 3.63) is 56.8 Å². The van der Waals surface area contributed by atoms with Crippen molar-refractivity contribution < 1.29 is 17.6 Å². The Balaban J connectivity index is 1.48. The first-order valence-electron chi connectivity index (χ1n) is 10.2. The quantitative estimate of drug-likeness (QED) is 0.449. The van der Waals surface area contributed by atoms with Crippen molar-refractivity contribution in [1.82, 2.24) is 4.90 Å². The number of nitrogens with zero attached hydrogens (tertiary/aromatic N) is 1. The summed E-state index contributed by atoms with van der Waals surface area (Å²) in [6.07, 6.45) is 1.52. The van der Waals surface area contributed by atoms with Crippen LogP contribution in [0.15, 0.2) is 34.7 Å². The second kappa shape index (κ2) is 7.80. The molecule has 1 aromatic carbocycles. The number of sulfone groups is 1. The second-order valence-corrected chi connectivity index (χ2v) is 12.6. The summed E-state index contributed by atoms with van der Waals surface area (Å²) in [7, 11) is -3.17. The standard InChI is InChI=1S/C22H21Cl2NO4S2/c1-12-8-17(12)18-5-3-15(29-18)10-25(14-6-7-31(27,28)11-14)22(26)21-20(24)16-4-2-13(23)9-19(16)30-21/h2-5,9,12,14,17H,6-8,10-11H2,1H3. The van der Waals surface area contributed by atoms with Crippen molar-refractivity contribution in [2.75, 3.05) is 11.5 Å². The van der Waals surface area contributed by atoms with E-state index >= 15 is 0 Å². The van der Waals surface area contributed by atoms with Gasteiger partial charge in [-0.2, -0.15) is 0 Å². The van der Waals surface area contributed by atoms with E-state index in [1.165, 1.54) is 11.3 Å². The molecule has 2 aromatic heterocycles. The Labute approximate surface area is 194 Å². The highest BCUT2D eigenvalue weighted by atomic mass is 35.5. The highest BCUT2D eigenvalue weighted by molar-refractivity contribution is 7.91. The summed E-state index contributed by atoms with van der Waals surface area (Å²) in [5.41, 5.74) is 0. The molecule has 3 unspecified atom stereocenters. The third-order valence-electron chi connectivity index (χ3n) is 6.18. The van der Waals surface area contributed by atoms with Gasteiger partial charge in [-0.25, -0.2) is 8.42 Å². The highest BCUT2D eigenvalue weighted by Crippen LogP contribution is 2.47. The summed E-state index contributed by atoms with van der Waals surface area (Å²) in [4.78, 5) is 15.6. The fourth-order valence-corrected chi connectivity index (χ4v) is 7.73. The minimum absolute atomic E-state index is 0.0414. The summed E-state index contributed by atoms with van der Waals surface area (Å²) >= 11 is 13.9. The van der Waals surface area contributed by atoms with Gasteiger partial charge in [-0.15, -0.1) is 11.3 Å². The van der Waals surface area contributed by atoms with E-state index in [0.29, 0.717) is 38.9 Å². The zero-order chi connectivity index (χ0) is 21.9. The van der Waals surface area contributed by atoms with E-state index < -0.39 is 15.9 Å². The van der Waals surface area contributed by atoms with Gasteiger partial charge in [0.25, 0.3) is 5.91 Å². The van der Waals surface area contributed by atoms with E-state index in [0.717, 1.165) is 22.3 Å². The average Bonchev–Trinajstić information content (AvgIpc) is 3.05. The highest BCUT2D eigenvalue weighted by Gasteiger charge is 2.39. The van der Waals surface area contributed by atoms with Crippen LogP contribution in [0.4, 0.5) is 0 Å². The molecule has 5 nitrogen and oxygen atoms in total. The van der Waals surface area contributed by atoms with Gasteiger partial charge >= 0.3 is 0 Å². The van der Waals surface area contributed by atoms with E-state index in [4.69, 9.17) is 27.6 Å². The number of hydrogen-bond donors (Lipinski definition) is 0. The van der Waals surface area contributed by atoms with Crippen LogP contribution >= 0.6 is 34.5 Å². The monoisotopic (exact) mass is 497 g/mol. The summed E-state index contributed by atoms with van der Waals surface area (Å²) in [5.74, 6) is 2.41. The lowest BCUT2D eigenvalue weighted by atomic mass is 10.2. The molecule has 3 aromatic rings. The SMILES string of the molecule is CC1CC1c1ccc(CN(C(=O)c2sc3cc(Cl)ccc3c2Cl)C2CCS(=O)(=O)C2)o1. The number of furan rings is 1. The minimum Gasteiger partial charge on any atom is -0.464 e. The van der Waals surface area contributed by atoms with Crippen molar-refractivity contribution in [3.63, 3.8) is 0 Å². The molecule has 9 heteroatoms. The molecular formula is C22H21Cl2NO4S2. The van der Waals surface area contributed by atoms with Crippen molar-refractivity contribution in [1.29, 1.82) is 0 Å². The predicted octanol–water partition coefficient (Wildman–Crippen LogP) is 5.75. The normalized spacial score (nSPS) is 24.5. The first kappa shape index (κ1) is 21.3. The largest absolute Gasteiger partial charge is 0.464 e. The number of halogens is 2. The number of rotatable bonds is 5. The second-order valence-electron chi connectivity index (χ2n) is 8.50. The van der Waals surface area contributed by atoms with Crippen LogP contribution in [0.2, 0.25) is 10.0 Å². The zero-order valence-electron chi connectivity index (χ0n) is 16.8. The smallest absolute Gasteiger partial charge is 0.266 e. The summed E-state index contributed by atoms with van der Waals surface area (Å²) in [5, 5.41) is 1.71. The van der Waals surface area contributed by atoms with Crippen molar-refractivity contribution in [2.24, 2.45) is 5.92 Å². The van der Waals surface area contributed by atoms with Crippen LogP contribution in [-0.2, 0) is 16.4 Å². The fraction of sp³-hybridized carbons (Fsp3) is 0.409. The molecule has 1 aliphatic carbocycles. The predicted molar refractivity (Wildman–Crippen MR) is 124 cm³/mol. The van der Waals surface area contributed by atoms with E-state index in [9.17, 15) is 13.2 Å². The van der Waals surface area contributed by atoms with E-state index in [2.05, 4.69) is 6.92 Å². The molecule has 1 aliphatic heterocycles. The van der Waals surface area contributed by atoms with Crippen molar-refractivity contribution in [2.45, 2.75) is 38.3 Å². The van der Waals surface area contributed by atoms with Crippen LogP contribution in [-0.4, -0.2) is 36.8 Å². The molecule has 31 heavy (non-hydrogen) atoms. The van der Waals surface area contributed by atoms with Crippen molar-refractivity contribution in [3.8, 4) is 0 Å². The number of carbonyl (C=O) groups excluding carboxylic acids is 1. The maximum absolute atomic E-state index is 13.6. The Morgan fingerprint density at radius 1 is 1.26 bits per heavy atom. The number of hydrogen-bond acceptors (Lipinski definition) is 5. The number of carbonyl (C=O) groups is 1. The van der Waals surface area contributed by atoms with E-state index in [-0.39, 0.29) is 24.0 Å². The van der Waals surface area contributed by atoms with Crippen LogP contribution in [0.3, 0.4) is 0 Å². The lowest BCUT2D eigenvalue weighted by molar-refractivity contribution is 0.0670. The van der Waals surface area contributed by atoms with Crippen LogP contribution in [0.25, 0.3) is 10.1 Å². The third-order valence-corrected chi connectivity index (χ3v) is 9.81. The summed E-state index contributed by atoms with van der Waals surface area (Å²) in [6.45, 7) is 2.40. The fourth-order valence-electron chi connectivity index (χ4n) is 4.26. The van der Waals surface area contributed by atoms with Crippen molar-refractivity contribution >= 4 is 60.4 Å². The molecule has 2 fully saturated rings. The van der Waals surface area contributed by atoms with Crippen LogP contribution in [0, 0.1) is 5.92 Å². The molecule has 1 saturated carbocycles. The maximum Gasteiger partial charge on any atom is 0.266 e. The molecule has 0 radical (unpaired) electrons. The van der Waals surface area contributed by atoms with E-state index in [1.807, 2.05) is 12.1 Å². The first-order chi connectivity index (χ1) is 14.7.